The monoisotopic (exact) mass is 1810 g/mol. The second kappa shape index (κ2) is 52.5. The smallest absolute Gasteiger partial charge is 0.319 e. The molecule has 0 spiro atoms. The zero-order chi connectivity index (χ0) is 93.9. The van der Waals surface area contributed by atoms with Gasteiger partial charge < -0.3 is 64.8 Å². The molecule has 14 heterocycles. The van der Waals surface area contributed by atoms with Gasteiger partial charge in [-0.1, -0.05) is 96.9 Å². The highest BCUT2D eigenvalue weighted by molar-refractivity contribution is 7.88. The summed E-state index contributed by atoms with van der Waals surface area (Å²) in [6, 6.07) is 0. The maximum atomic E-state index is 11.4. The number of amides is 2. The molecule has 0 aliphatic carbocycles. The van der Waals surface area contributed by atoms with Gasteiger partial charge in [0.15, 0.2) is 0 Å². The summed E-state index contributed by atoms with van der Waals surface area (Å²) in [5.41, 5.74) is 13.3. The summed E-state index contributed by atoms with van der Waals surface area (Å²) >= 11 is 0. The number of β-amino-alcohol motifs (C(OH)–C–C–N with tert-alkyl or cyclic N) is 1. The van der Waals surface area contributed by atoms with Crippen LogP contribution in [0, 0.1) is 0 Å². The highest BCUT2D eigenvalue weighted by Crippen LogP contribution is 2.24. The molecule has 38 nitrogen and oxygen atoms in total. The summed E-state index contributed by atoms with van der Waals surface area (Å²) < 4.78 is 29.0. The number of piperazine rings is 7. The molecule has 39 heteroatoms. The topological polar surface area (TPSA) is 404 Å². The van der Waals surface area contributed by atoms with Crippen molar-refractivity contribution in [2.45, 2.75) is 145 Å². The zero-order valence-corrected chi connectivity index (χ0v) is 80.5. The van der Waals surface area contributed by atoms with Crippen LogP contribution in [0.1, 0.15) is 184 Å². The third-order valence-electron chi connectivity index (χ3n) is 23.4. The van der Waals surface area contributed by atoms with Crippen molar-refractivity contribution in [1.29, 1.82) is 0 Å². The fourth-order valence-electron chi connectivity index (χ4n) is 14.3. The Balaban J connectivity index is 0.000000186. The van der Waals surface area contributed by atoms with E-state index in [0.717, 1.165) is 227 Å². The Morgan fingerprint density at radius 2 is 0.550 bits per heavy atom. The number of likely N-dealkylation sites (N-methyl/N-ethyl adjacent to an activating group) is 1. The van der Waals surface area contributed by atoms with Crippen LogP contribution in [0.15, 0.2) is 86.8 Å². The van der Waals surface area contributed by atoms with Gasteiger partial charge >= 0.3 is 11.9 Å². The van der Waals surface area contributed by atoms with Gasteiger partial charge in [-0.25, -0.2) is 78.2 Å². The van der Waals surface area contributed by atoms with Crippen molar-refractivity contribution in [1.82, 2.24) is 103 Å². The summed E-state index contributed by atoms with van der Waals surface area (Å²) in [4.78, 5) is 133. The molecule has 7 fully saturated rings. The van der Waals surface area contributed by atoms with E-state index < -0.39 is 16.0 Å². The minimum absolute atomic E-state index is 0.112. The number of hydrogen-bond donors (Lipinski definition) is 3. The van der Waals surface area contributed by atoms with E-state index in [1.54, 1.807) is 6.92 Å². The number of primary amides is 1. The Morgan fingerprint density at radius 1 is 0.341 bits per heavy atom. The van der Waals surface area contributed by atoms with Crippen LogP contribution in [-0.2, 0) is 33.9 Å². The highest BCUT2D eigenvalue weighted by Gasteiger charge is 2.29. The summed E-state index contributed by atoms with van der Waals surface area (Å²) in [5.74, 6) is 7.49. The van der Waals surface area contributed by atoms with Gasteiger partial charge in [-0.3, -0.25) is 38.8 Å². The summed E-state index contributed by atoms with van der Waals surface area (Å²) in [6.07, 6.45) is 27.8. The van der Waals surface area contributed by atoms with Crippen LogP contribution in [0.5, 0.6) is 0 Å². The largest absolute Gasteiger partial charge is 0.480 e. The molecular formula is C90H145N29O9S. The average molecular weight is 1810 g/mol. The number of methoxy groups -OCH3 is 1. The number of sulfonamides is 1. The Hall–Kier alpha value is -10.3. The zero-order valence-electron chi connectivity index (χ0n) is 79.7. The fraction of sp³-hybridized carbons (Fsp3) is 0.644. The summed E-state index contributed by atoms with van der Waals surface area (Å²) in [7, 11) is 0.489. The van der Waals surface area contributed by atoms with Crippen LogP contribution in [-0.4, -0.2) is 382 Å². The predicted octanol–water partition coefficient (Wildman–Crippen LogP) is 5.93. The van der Waals surface area contributed by atoms with E-state index in [9.17, 15) is 27.6 Å². The van der Waals surface area contributed by atoms with Gasteiger partial charge in [0.25, 0.3) is 0 Å². The van der Waals surface area contributed by atoms with E-state index in [4.69, 9.17) is 15.9 Å². The van der Waals surface area contributed by atoms with Crippen LogP contribution in [0.3, 0.4) is 0 Å². The molecule has 7 aliphatic heterocycles. The first-order valence-electron chi connectivity index (χ1n) is 45.5. The number of carboxylic acid groups (broad SMARTS) is 1. The second-order valence-corrected chi connectivity index (χ2v) is 37.5. The molecule has 2 amide bonds. The maximum absolute atomic E-state index is 11.4. The van der Waals surface area contributed by atoms with E-state index in [1.165, 1.54) is 28.8 Å². The van der Waals surface area contributed by atoms with Gasteiger partial charge in [0.05, 0.1) is 39.6 Å². The number of aromatic nitrogens is 14. The normalized spacial score (nSPS) is 17.1. The Labute approximate surface area is 765 Å². The molecular weight excluding hydrogens is 1660 g/mol. The molecule has 7 aromatic heterocycles. The van der Waals surface area contributed by atoms with Gasteiger partial charge in [0, 0.05) is 283 Å². The van der Waals surface area contributed by atoms with Crippen molar-refractivity contribution in [3.05, 3.63) is 126 Å². The number of aliphatic carboxylic acids is 1. The Kier molecular flexibility index (Phi) is 42.4. The number of nitrogens with two attached hydrogens (primary N) is 1. The van der Waals surface area contributed by atoms with Crippen molar-refractivity contribution >= 4 is 75.4 Å². The van der Waals surface area contributed by atoms with Gasteiger partial charge in [-0.15, -0.1) is 0 Å². The van der Waals surface area contributed by atoms with Crippen molar-refractivity contribution in [2.24, 2.45) is 5.73 Å². The average Bonchev–Trinajstić information content (AvgIpc) is 0.865. The molecule has 7 saturated heterocycles. The van der Waals surface area contributed by atoms with Gasteiger partial charge in [-0.2, -0.15) is 4.31 Å². The number of hydrogen-bond acceptors (Lipinski definition) is 34. The lowest BCUT2D eigenvalue weighted by atomic mass is 10.1. The molecule has 129 heavy (non-hydrogen) atoms. The molecule has 0 bridgehead atoms. The lowest BCUT2D eigenvalue weighted by Crippen LogP contribution is -2.49. The molecule has 710 valence electrons. The molecule has 7 aromatic rings. The van der Waals surface area contributed by atoms with E-state index >= 15 is 0 Å². The molecule has 4 N–H and O–H groups in total. The fourth-order valence-corrected chi connectivity index (χ4v) is 15.1. The molecule has 0 unspecified atom stereocenters. The van der Waals surface area contributed by atoms with Crippen molar-refractivity contribution in [2.75, 3.05) is 271 Å². The van der Waals surface area contributed by atoms with E-state index in [1.807, 2.05) is 101 Å². The number of aliphatic hydroxyl groups excluding tert-OH is 1. The van der Waals surface area contributed by atoms with Gasteiger partial charge in [-0.05, 0) is 87.4 Å². The van der Waals surface area contributed by atoms with Gasteiger partial charge in [0.2, 0.25) is 63.5 Å². The van der Waals surface area contributed by atoms with E-state index in [2.05, 4.69) is 227 Å². The van der Waals surface area contributed by atoms with Crippen molar-refractivity contribution in [3.8, 4) is 0 Å². The number of carboxylic acids is 1. The molecule has 14 rings (SSSR count). The SMILES string of the molecule is CC(=O)N1CCN(c2ncc(C(C)C)cn2)CC1.CC(C)c1cnc(N2CCN(C)CC2)nc1.CC(C)c1cnc(N2CCN(CC(=O)O)CC2)nc1.CC(C)c1cnc(N2CCN(CC(N)=O)CC2)nc1.CC(C)c1cnc(N2CCN(CCO)CC2)nc1.CC(C)c1cnc(N2CCN(S(C)(=O)=O)CC2)nc1.COC(=O)CN1CCN(c2ncc(C(C)C)cn2)CC1. The van der Waals surface area contributed by atoms with Crippen LogP contribution in [0.2, 0.25) is 0 Å². The third-order valence-corrected chi connectivity index (χ3v) is 24.7. The number of carbonyl (C=O) groups is 4. The van der Waals surface area contributed by atoms with Crippen LogP contribution in [0.4, 0.5) is 41.6 Å². The minimum Gasteiger partial charge on any atom is -0.480 e. The number of rotatable bonds is 23. The predicted molar refractivity (Wildman–Crippen MR) is 506 cm³/mol. The van der Waals surface area contributed by atoms with Crippen LogP contribution < -0.4 is 40.0 Å². The lowest BCUT2D eigenvalue weighted by Gasteiger charge is -2.34. The number of esters is 1. The number of anilines is 7. The third kappa shape index (κ3) is 34.8. The Morgan fingerprint density at radius 3 is 0.752 bits per heavy atom. The highest BCUT2D eigenvalue weighted by atomic mass is 32.2. The Bertz CT molecular complexity index is 4430. The first-order chi connectivity index (χ1) is 61.5. The standard InChI is InChI=1S/C14H22N4O2.C13H21N5O.C13H20N4O2.C13H20N4O.C13H22N4O.C12H20N4O2S.C12H20N4/c1-11(2)12-8-15-14(16-9-12)18-6-4-17(5-7-18)10-13(19)20-3;1-10(2)11-7-15-13(16-8-11)18-5-3-17(4-6-18)9-12(14)19;1-10(2)11-7-14-13(15-8-11)17-5-3-16(4-6-17)9-12(18)19;1-10(2)12-8-14-13(15-9-12)17-6-4-16(5-7-17)11(3)18;1-11(2)12-9-14-13(15-10-12)17-5-3-16(4-6-17)7-8-18;1-10(2)11-8-13-12(14-9-11)15-4-6-16(7-5-15)19(3,17)18;1-10(2)11-8-13-12(14-9-11)16-6-4-15(3)5-7-16/h8-9,11H,4-7,10H2,1-3H3;7-8,10H,3-6,9H2,1-2H3,(H2,14,19);7-8,10H,3-6,9H2,1-2H3,(H,18,19);8-10H,4-7H2,1-3H3;9-11,18H,3-8H2,1-2H3;8-10H,4-7H2,1-3H3;8-10H,4-7H2,1-3H3. The first kappa shape index (κ1) is 104. The van der Waals surface area contributed by atoms with E-state index in [0.29, 0.717) is 86.6 Å². The van der Waals surface area contributed by atoms with Gasteiger partial charge in [0.1, 0.15) is 0 Å². The molecule has 0 atom stereocenters. The number of ether oxygens (including phenoxy) is 1. The van der Waals surface area contributed by atoms with Crippen LogP contribution >= 0.6 is 0 Å². The molecule has 7 aliphatic rings. The maximum Gasteiger partial charge on any atom is 0.319 e. The van der Waals surface area contributed by atoms with E-state index in [-0.39, 0.29) is 30.9 Å². The quantitative estimate of drug-likeness (QED) is 0.0625. The summed E-state index contributed by atoms with van der Waals surface area (Å²) in [6.45, 7) is 56.3. The molecule has 0 aromatic carbocycles. The number of carbonyl (C=O) groups excluding carboxylic acids is 3. The summed E-state index contributed by atoms with van der Waals surface area (Å²) in [5, 5.41) is 17.7. The molecule has 0 radical (unpaired) electrons. The number of nitrogens with zero attached hydrogens (tertiary/aromatic N) is 28. The van der Waals surface area contributed by atoms with Crippen molar-refractivity contribution < 1.29 is 42.5 Å². The number of aliphatic hydroxyl groups is 1. The van der Waals surface area contributed by atoms with Crippen LogP contribution in [0.25, 0.3) is 0 Å². The minimum atomic E-state index is -3.08. The lowest BCUT2D eigenvalue weighted by molar-refractivity contribution is -0.142. The second-order valence-electron chi connectivity index (χ2n) is 35.5. The molecule has 0 saturated carbocycles. The van der Waals surface area contributed by atoms with Crippen molar-refractivity contribution in [3.63, 3.8) is 0 Å². The first-order valence-corrected chi connectivity index (χ1v) is 47.3.